The third-order valence-corrected chi connectivity index (χ3v) is 13.9. The Hall–Kier alpha value is -7.16. The van der Waals surface area contributed by atoms with Gasteiger partial charge in [-0.1, -0.05) is 147 Å². The minimum absolute atomic E-state index is 0.100. The van der Waals surface area contributed by atoms with Gasteiger partial charge in [-0.2, -0.15) is 0 Å². The molecule has 2 nitrogen and oxygen atoms in total. The highest BCUT2D eigenvalue weighted by Crippen LogP contribution is 2.55. The fourth-order valence-electron chi connectivity index (χ4n) is 11.1. The van der Waals surface area contributed by atoms with E-state index in [-0.39, 0.29) is 5.41 Å². The highest BCUT2D eigenvalue weighted by Gasteiger charge is 2.37. The van der Waals surface area contributed by atoms with E-state index in [0.29, 0.717) is 5.92 Å². The first-order valence-electron chi connectivity index (χ1n) is 21.0. The lowest BCUT2D eigenvalue weighted by molar-refractivity contribution is 0.661. The molecule has 59 heavy (non-hydrogen) atoms. The van der Waals surface area contributed by atoms with Gasteiger partial charge in [0.05, 0.1) is 22.1 Å². The van der Waals surface area contributed by atoms with Gasteiger partial charge in [-0.15, -0.1) is 0 Å². The normalized spacial score (nSPS) is 15.9. The summed E-state index contributed by atoms with van der Waals surface area (Å²) in [5, 5.41) is 5.24. The van der Waals surface area contributed by atoms with Gasteiger partial charge in [0.1, 0.15) is 0 Å². The Labute approximate surface area is 343 Å². The van der Waals surface area contributed by atoms with Gasteiger partial charge in [-0.05, 0) is 122 Å². The molecule has 0 bridgehead atoms. The van der Waals surface area contributed by atoms with E-state index in [4.69, 9.17) is 0 Å². The zero-order valence-electron chi connectivity index (χ0n) is 33.1. The molecule has 10 aromatic rings. The zero-order chi connectivity index (χ0) is 39.0. The summed E-state index contributed by atoms with van der Waals surface area (Å²) in [6.45, 7) is 4.78. The van der Waals surface area contributed by atoms with E-state index >= 15 is 0 Å². The molecule has 3 aliphatic rings. The number of nitrogens with zero attached hydrogens (tertiary/aromatic N) is 2. The Morgan fingerprint density at radius 3 is 1.76 bits per heavy atom. The van der Waals surface area contributed by atoms with Gasteiger partial charge < -0.3 is 9.13 Å². The number of aromatic nitrogens is 2. The molecule has 278 valence electrons. The molecule has 0 aliphatic heterocycles. The maximum absolute atomic E-state index is 2.54. The number of hydrogen-bond donors (Lipinski definition) is 0. The lowest BCUT2D eigenvalue weighted by Crippen LogP contribution is -2.14. The predicted octanol–water partition coefficient (Wildman–Crippen LogP) is 15.0. The predicted molar refractivity (Wildman–Crippen MR) is 248 cm³/mol. The summed E-state index contributed by atoms with van der Waals surface area (Å²) in [6.07, 6.45) is 7.94. The lowest BCUT2D eigenvalue weighted by Gasteiger charge is -2.32. The molecule has 0 saturated heterocycles. The first-order valence-corrected chi connectivity index (χ1v) is 21.0. The van der Waals surface area contributed by atoms with E-state index in [0.717, 1.165) is 6.42 Å². The molecule has 0 fully saturated rings. The first-order chi connectivity index (χ1) is 29.0. The van der Waals surface area contributed by atoms with Gasteiger partial charge in [0, 0.05) is 44.3 Å². The van der Waals surface area contributed by atoms with Crippen molar-refractivity contribution < 1.29 is 0 Å². The number of benzene rings is 8. The van der Waals surface area contributed by atoms with Crippen LogP contribution in [0.1, 0.15) is 48.4 Å². The van der Waals surface area contributed by atoms with Crippen molar-refractivity contribution in [1.82, 2.24) is 9.13 Å². The van der Waals surface area contributed by atoms with Crippen LogP contribution in [-0.4, -0.2) is 9.13 Å². The SMILES string of the molecule is CC1(C)c2ccccc2-c2cc3c4c5c(ccc4n(-c4ccc(-c6ccc(-n7c8ccccc8c8ccccc87)cc6)cc4)c3cc21)C1CC=CC=C1c1ccccc1-5. The minimum atomic E-state index is -0.100. The zero-order valence-corrected chi connectivity index (χ0v) is 33.1. The van der Waals surface area contributed by atoms with Crippen LogP contribution < -0.4 is 0 Å². The van der Waals surface area contributed by atoms with Crippen LogP contribution in [0.3, 0.4) is 0 Å². The van der Waals surface area contributed by atoms with Crippen molar-refractivity contribution in [3.8, 4) is 44.8 Å². The highest BCUT2D eigenvalue weighted by molar-refractivity contribution is 6.20. The van der Waals surface area contributed by atoms with Crippen LogP contribution in [0.2, 0.25) is 0 Å². The molecular formula is C57H40N2. The van der Waals surface area contributed by atoms with Gasteiger partial charge >= 0.3 is 0 Å². The summed E-state index contributed by atoms with van der Waals surface area (Å²) in [5.41, 5.74) is 22.1. The average molecular weight is 753 g/mol. The van der Waals surface area contributed by atoms with Gasteiger partial charge in [0.2, 0.25) is 0 Å². The van der Waals surface area contributed by atoms with Gasteiger partial charge in [0.25, 0.3) is 0 Å². The molecule has 2 heterocycles. The molecule has 1 atom stereocenters. The highest BCUT2D eigenvalue weighted by atomic mass is 15.0. The number of para-hydroxylation sites is 2. The Morgan fingerprint density at radius 2 is 1.07 bits per heavy atom. The minimum Gasteiger partial charge on any atom is -0.309 e. The van der Waals surface area contributed by atoms with Crippen molar-refractivity contribution in [2.24, 2.45) is 0 Å². The fourth-order valence-corrected chi connectivity index (χ4v) is 11.1. The maximum Gasteiger partial charge on any atom is 0.0547 e. The Balaban J connectivity index is 0.993. The number of allylic oxidation sites excluding steroid dienone is 4. The molecule has 8 aromatic carbocycles. The largest absolute Gasteiger partial charge is 0.309 e. The Bertz CT molecular complexity index is 3420. The third kappa shape index (κ3) is 4.46. The van der Waals surface area contributed by atoms with Crippen molar-refractivity contribution in [3.63, 3.8) is 0 Å². The Morgan fingerprint density at radius 1 is 0.475 bits per heavy atom. The molecule has 3 aliphatic carbocycles. The standard InChI is InChI=1S/C57H40N2/c1-57(2)49-20-10-7-16-42(49)47-33-48-54(34-50(47)57)59(53-32-31-46-41-15-4-3-13-39(41)40-14-5-6-19-45(40)55(46)56(48)53)38-29-25-36(26-30-38)35-23-27-37(28-24-35)58-51-21-11-8-17-43(51)44-18-9-12-22-52(44)58/h3-14,16-34,41H,15H2,1-2H3. The summed E-state index contributed by atoms with van der Waals surface area (Å²) in [5.74, 6) is 0.349. The van der Waals surface area contributed by atoms with Crippen LogP contribution in [0.25, 0.3) is 93.9 Å². The number of rotatable bonds is 3. The van der Waals surface area contributed by atoms with Crippen LogP contribution in [0.15, 0.2) is 188 Å². The summed E-state index contributed by atoms with van der Waals surface area (Å²) in [7, 11) is 0. The molecule has 0 N–H and O–H groups in total. The monoisotopic (exact) mass is 752 g/mol. The number of hydrogen-bond acceptors (Lipinski definition) is 0. The fraction of sp³-hybridized carbons (Fsp3) is 0.0877. The van der Waals surface area contributed by atoms with Gasteiger partial charge in [-0.25, -0.2) is 0 Å². The summed E-state index contributed by atoms with van der Waals surface area (Å²) in [4.78, 5) is 0. The van der Waals surface area contributed by atoms with Crippen molar-refractivity contribution in [2.75, 3.05) is 0 Å². The van der Waals surface area contributed by atoms with Crippen LogP contribution in [0.4, 0.5) is 0 Å². The average Bonchev–Trinajstić information content (AvgIpc) is 3.88. The third-order valence-electron chi connectivity index (χ3n) is 13.9. The molecule has 0 amide bonds. The molecule has 2 aromatic heterocycles. The van der Waals surface area contributed by atoms with Gasteiger partial charge in [0.15, 0.2) is 0 Å². The molecule has 1 unspecified atom stereocenters. The van der Waals surface area contributed by atoms with Crippen LogP contribution in [-0.2, 0) is 5.41 Å². The van der Waals surface area contributed by atoms with Crippen LogP contribution in [0.5, 0.6) is 0 Å². The second-order valence-electron chi connectivity index (χ2n) is 17.2. The molecule has 0 saturated carbocycles. The van der Waals surface area contributed by atoms with E-state index < -0.39 is 0 Å². The van der Waals surface area contributed by atoms with E-state index in [1.54, 1.807) is 0 Å². The first kappa shape index (κ1) is 32.9. The van der Waals surface area contributed by atoms with Crippen LogP contribution in [0, 0.1) is 0 Å². The van der Waals surface area contributed by atoms with Crippen molar-refractivity contribution in [1.29, 1.82) is 0 Å². The quantitative estimate of drug-likeness (QED) is 0.170. The van der Waals surface area contributed by atoms with E-state index in [2.05, 4.69) is 211 Å². The molecular weight excluding hydrogens is 713 g/mol. The molecule has 0 radical (unpaired) electrons. The second kappa shape index (κ2) is 11.9. The summed E-state index contributed by atoms with van der Waals surface area (Å²) >= 11 is 0. The van der Waals surface area contributed by atoms with E-state index in [1.807, 2.05) is 0 Å². The Kier molecular flexibility index (Phi) is 6.65. The number of fused-ring (bicyclic) bond motifs is 16. The topological polar surface area (TPSA) is 9.86 Å². The molecule has 0 spiro atoms. The van der Waals surface area contributed by atoms with Crippen molar-refractivity contribution >= 4 is 49.2 Å². The van der Waals surface area contributed by atoms with Crippen LogP contribution >= 0.6 is 0 Å². The van der Waals surface area contributed by atoms with Crippen molar-refractivity contribution in [2.45, 2.75) is 31.6 Å². The second-order valence-corrected chi connectivity index (χ2v) is 17.2. The van der Waals surface area contributed by atoms with Crippen molar-refractivity contribution in [3.05, 3.63) is 210 Å². The smallest absolute Gasteiger partial charge is 0.0547 e. The molecule has 2 heteroatoms. The summed E-state index contributed by atoms with van der Waals surface area (Å²) < 4.78 is 4.92. The van der Waals surface area contributed by atoms with E-state index in [9.17, 15) is 0 Å². The maximum atomic E-state index is 2.54. The lowest BCUT2D eigenvalue weighted by atomic mass is 9.71. The molecule has 13 rings (SSSR count). The van der Waals surface area contributed by atoms with E-state index in [1.165, 1.54) is 116 Å². The van der Waals surface area contributed by atoms with Gasteiger partial charge in [-0.3, -0.25) is 0 Å². The summed E-state index contributed by atoms with van der Waals surface area (Å²) in [6, 6.07) is 63.7.